The Morgan fingerprint density at radius 1 is 0.844 bits per heavy atom. The Morgan fingerprint density at radius 3 is 2.19 bits per heavy atom. The van der Waals surface area contributed by atoms with Crippen LogP contribution in [0.5, 0.6) is 0 Å². The number of hydrogen-bond acceptors (Lipinski definition) is 3. The van der Waals surface area contributed by atoms with Gasteiger partial charge in [-0.1, -0.05) is 69.3 Å². The first-order chi connectivity index (χ1) is 15.3. The van der Waals surface area contributed by atoms with Crippen LogP contribution in [0.4, 0.5) is 17.1 Å². The fraction of sp³-hybridized carbons (Fsp3) is 0.357. The highest BCUT2D eigenvalue weighted by Gasteiger charge is 2.38. The predicted octanol–water partition coefficient (Wildman–Crippen LogP) is 6.73. The number of anilines is 3. The Balaban J connectivity index is 1.87. The molecule has 1 aliphatic heterocycles. The molecule has 0 unspecified atom stereocenters. The van der Waals surface area contributed by atoms with Gasteiger partial charge in [-0.25, -0.2) is 0 Å². The van der Waals surface area contributed by atoms with E-state index >= 15 is 0 Å². The summed E-state index contributed by atoms with van der Waals surface area (Å²) in [6.45, 7) is 13.6. The van der Waals surface area contributed by atoms with Crippen molar-refractivity contribution in [1.82, 2.24) is 0 Å². The third kappa shape index (κ3) is 4.10. The van der Waals surface area contributed by atoms with Crippen molar-refractivity contribution in [1.29, 1.82) is 0 Å². The first-order valence-electron chi connectivity index (χ1n) is 11.7. The van der Waals surface area contributed by atoms with E-state index in [1.807, 2.05) is 6.92 Å². The van der Waals surface area contributed by atoms with Crippen LogP contribution in [0.15, 0.2) is 72.8 Å². The molecule has 3 nitrogen and oxygen atoms in total. The van der Waals surface area contributed by atoms with Crippen molar-refractivity contribution in [3.63, 3.8) is 0 Å². The Kier molecular flexibility index (Phi) is 6.20. The normalized spacial score (nSPS) is 14.6. The van der Waals surface area contributed by atoms with Crippen LogP contribution < -0.4 is 10.4 Å². The first kappa shape index (κ1) is 22.6. The SMILES string of the molecule is CCOB(OC(C)(C)CC)c1ccc2c(c1)C(C)(C)c1ccccc1N2c1ccccc1. The third-order valence-electron chi connectivity index (χ3n) is 6.64. The quantitative estimate of drug-likeness (QED) is 0.390. The third-order valence-corrected chi connectivity index (χ3v) is 6.64. The minimum Gasteiger partial charge on any atom is -0.408 e. The van der Waals surface area contributed by atoms with Crippen molar-refractivity contribution >= 4 is 29.6 Å². The molecule has 0 atom stereocenters. The van der Waals surface area contributed by atoms with Gasteiger partial charge in [-0.3, -0.25) is 0 Å². The molecular weight excluding hydrogens is 393 g/mol. The van der Waals surface area contributed by atoms with E-state index in [0.717, 1.165) is 17.6 Å². The molecule has 1 heterocycles. The lowest BCUT2D eigenvalue weighted by atomic mass is 9.69. The molecule has 0 aliphatic carbocycles. The highest BCUT2D eigenvalue weighted by molar-refractivity contribution is 6.61. The number of fused-ring (bicyclic) bond motifs is 2. The summed E-state index contributed by atoms with van der Waals surface area (Å²) >= 11 is 0. The molecule has 0 N–H and O–H groups in total. The van der Waals surface area contributed by atoms with Gasteiger partial charge in [0, 0.05) is 23.3 Å². The molecule has 4 rings (SSSR count). The summed E-state index contributed by atoms with van der Waals surface area (Å²) in [5, 5.41) is 0. The molecule has 0 aromatic heterocycles. The molecule has 4 heteroatoms. The molecule has 0 bridgehead atoms. The van der Waals surface area contributed by atoms with Gasteiger partial charge in [0.2, 0.25) is 0 Å². The van der Waals surface area contributed by atoms with Crippen LogP contribution in [0.2, 0.25) is 0 Å². The average Bonchev–Trinajstić information content (AvgIpc) is 2.79. The van der Waals surface area contributed by atoms with Gasteiger partial charge in [0.1, 0.15) is 0 Å². The summed E-state index contributed by atoms with van der Waals surface area (Å²) in [5.41, 5.74) is 6.85. The van der Waals surface area contributed by atoms with E-state index in [1.54, 1.807) is 0 Å². The summed E-state index contributed by atoms with van der Waals surface area (Å²) in [6, 6.07) is 26.0. The number of hydrogen-bond donors (Lipinski definition) is 0. The standard InChI is InChI=1S/C28H34BNO2/c1-7-27(3,4)32-29(31-8-2)21-18-19-26-24(20-21)28(5,6)23-16-12-13-17-25(23)30(26)22-14-10-9-11-15-22/h9-20H,7-8H2,1-6H3. The van der Waals surface area contributed by atoms with Crippen molar-refractivity contribution in [2.75, 3.05) is 11.5 Å². The highest BCUT2D eigenvalue weighted by atomic mass is 16.6. The Bertz CT molecular complexity index is 1080. The highest BCUT2D eigenvalue weighted by Crippen LogP contribution is 2.51. The number of rotatable bonds is 7. The smallest absolute Gasteiger partial charge is 0.408 e. The Hall–Kier alpha value is -2.56. The molecule has 3 aromatic rings. The zero-order chi connectivity index (χ0) is 22.9. The van der Waals surface area contributed by atoms with Crippen molar-refractivity contribution in [2.24, 2.45) is 0 Å². The molecule has 0 radical (unpaired) electrons. The lowest BCUT2D eigenvalue weighted by molar-refractivity contribution is 0.0706. The monoisotopic (exact) mass is 427 g/mol. The van der Waals surface area contributed by atoms with Crippen molar-refractivity contribution < 1.29 is 9.31 Å². The minimum absolute atomic E-state index is 0.149. The predicted molar refractivity (Wildman–Crippen MR) is 136 cm³/mol. The topological polar surface area (TPSA) is 21.7 Å². The maximum absolute atomic E-state index is 6.42. The first-order valence-corrected chi connectivity index (χ1v) is 11.7. The average molecular weight is 427 g/mol. The molecule has 32 heavy (non-hydrogen) atoms. The van der Waals surface area contributed by atoms with E-state index in [4.69, 9.17) is 9.31 Å². The van der Waals surface area contributed by atoms with Crippen molar-refractivity contribution in [2.45, 2.75) is 59.0 Å². The zero-order valence-corrected chi connectivity index (χ0v) is 20.2. The van der Waals surface area contributed by atoms with Gasteiger partial charge in [0.05, 0.1) is 11.4 Å². The van der Waals surface area contributed by atoms with Crippen molar-refractivity contribution in [3.05, 3.63) is 83.9 Å². The Morgan fingerprint density at radius 2 is 1.50 bits per heavy atom. The molecule has 3 aromatic carbocycles. The summed E-state index contributed by atoms with van der Waals surface area (Å²) in [4.78, 5) is 2.37. The van der Waals surface area contributed by atoms with Crippen LogP contribution in [-0.4, -0.2) is 19.3 Å². The second-order valence-corrected chi connectivity index (χ2v) is 9.61. The molecular formula is C28H34BNO2. The molecule has 0 amide bonds. The van der Waals surface area contributed by atoms with Crippen LogP contribution in [0.3, 0.4) is 0 Å². The fourth-order valence-corrected chi connectivity index (χ4v) is 4.45. The number of benzene rings is 3. The fourth-order valence-electron chi connectivity index (χ4n) is 4.45. The molecule has 0 saturated carbocycles. The molecule has 0 fully saturated rings. The van der Waals surface area contributed by atoms with Gasteiger partial charge < -0.3 is 14.2 Å². The van der Waals surface area contributed by atoms with Crippen LogP contribution in [0, 0.1) is 0 Å². The van der Waals surface area contributed by atoms with Crippen LogP contribution in [0.25, 0.3) is 0 Å². The van der Waals surface area contributed by atoms with Gasteiger partial charge in [-0.15, -0.1) is 0 Å². The summed E-state index contributed by atoms with van der Waals surface area (Å²) in [7, 11) is -0.390. The van der Waals surface area contributed by atoms with E-state index < -0.39 is 7.12 Å². The van der Waals surface area contributed by atoms with Gasteiger partial charge in [-0.2, -0.15) is 0 Å². The maximum Gasteiger partial charge on any atom is 0.494 e. The van der Waals surface area contributed by atoms with Gasteiger partial charge in [0.15, 0.2) is 0 Å². The lowest BCUT2D eigenvalue weighted by Gasteiger charge is -2.42. The minimum atomic E-state index is -0.390. The summed E-state index contributed by atoms with van der Waals surface area (Å²) in [6.07, 6.45) is 0.919. The van der Waals surface area contributed by atoms with E-state index in [1.165, 1.54) is 22.5 Å². The lowest BCUT2D eigenvalue weighted by Crippen LogP contribution is -2.44. The molecule has 166 valence electrons. The van der Waals surface area contributed by atoms with Gasteiger partial charge in [-0.05, 0) is 68.0 Å². The second kappa shape index (κ2) is 8.76. The maximum atomic E-state index is 6.42. The zero-order valence-electron chi connectivity index (χ0n) is 20.2. The van der Waals surface area contributed by atoms with E-state index in [2.05, 4.69) is 112 Å². The number of nitrogens with zero attached hydrogens (tertiary/aromatic N) is 1. The van der Waals surface area contributed by atoms with E-state index in [-0.39, 0.29) is 11.0 Å². The van der Waals surface area contributed by atoms with Crippen molar-refractivity contribution in [3.8, 4) is 0 Å². The van der Waals surface area contributed by atoms with Crippen LogP contribution >= 0.6 is 0 Å². The largest absolute Gasteiger partial charge is 0.494 e. The molecule has 1 aliphatic rings. The van der Waals surface area contributed by atoms with E-state index in [9.17, 15) is 0 Å². The molecule has 0 saturated heterocycles. The summed E-state index contributed by atoms with van der Waals surface area (Å²) < 4.78 is 12.5. The number of para-hydroxylation sites is 2. The second-order valence-electron chi connectivity index (χ2n) is 9.61. The van der Waals surface area contributed by atoms with E-state index in [0.29, 0.717) is 6.61 Å². The van der Waals surface area contributed by atoms with Crippen LogP contribution in [-0.2, 0) is 14.7 Å². The summed E-state index contributed by atoms with van der Waals surface area (Å²) in [5.74, 6) is 0. The Labute approximate surface area is 193 Å². The molecule has 0 spiro atoms. The van der Waals surface area contributed by atoms with Crippen LogP contribution in [0.1, 0.15) is 59.1 Å². The van der Waals surface area contributed by atoms with Gasteiger partial charge >= 0.3 is 7.12 Å². The van der Waals surface area contributed by atoms with Gasteiger partial charge in [0.25, 0.3) is 0 Å².